The molecule has 0 aliphatic heterocycles. The van der Waals surface area contributed by atoms with Gasteiger partial charge in [-0.25, -0.2) is 0 Å². The van der Waals surface area contributed by atoms with Gasteiger partial charge in [-0.15, -0.1) is 0 Å². The minimum Gasteiger partial charge on any atom is -0.426 e. The number of fused-ring (bicyclic) bond motifs is 2. The van der Waals surface area contributed by atoms with Gasteiger partial charge in [0.05, 0.1) is 33.1 Å². The Kier molecular flexibility index (Phi) is 10.4. The summed E-state index contributed by atoms with van der Waals surface area (Å²) in [6, 6.07) is 55.9. The predicted molar refractivity (Wildman–Crippen MR) is 243 cm³/mol. The first kappa shape index (κ1) is 38.9. The molecule has 6 saturated carbocycles. The molecule has 0 saturated heterocycles. The van der Waals surface area contributed by atoms with Gasteiger partial charge in [-0.05, 0) is 183 Å². The molecule has 6 heteroatoms. The molecule has 306 valence electrons. The molecule has 0 heterocycles. The fourth-order valence-corrected chi connectivity index (χ4v) is 16.4. The molecule has 61 heavy (non-hydrogen) atoms. The van der Waals surface area contributed by atoms with Crippen molar-refractivity contribution in [1.29, 1.82) is 0 Å². The van der Waals surface area contributed by atoms with Gasteiger partial charge >= 0.3 is 11.9 Å². The van der Waals surface area contributed by atoms with Gasteiger partial charge in [0, 0.05) is 12.1 Å². The molecule has 6 fully saturated rings. The average molecular weight is 841 g/mol. The molecule has 12 rings (SSSR count). The Balaban J connectivity index is 0.860. The molecule has 0 spiro atoms. The van der Waals surface area contributed by atoms with E-state index in [0.717, 1.165) is 43.2 Å². The molecule has 0 amide bonds. The van der Waals surface area contributed by atoms with Crippen LogP contribution in [0.2, 0.25) is 0 Å². The molecule has 4 nitrogen and oxygen atoms in total. The van der Waals surface area contributed by atoms with Gasteiger partial charge in [-0.2, -0.15) is 0 Å². The second kappa shape index (κ2) is 16.3. The SMILES string of the molecule is O=C(Oc1ccc([S+](c2ccccc2)c2cccc(-c3cccc([S+](c4ccccc4)c4ccc(OC(=O)C56CC7CC(CC(C7)C5)C6)cc4)c3)c2)cc1)C1CC2CCC1C2. The molecule has 5 atom stereocenters. The van der Waals surface area contributed by atoms with Gasteiger partial charge in [-0.1, -0.05) is 67.1 Å². The fourth-order valence-electron chi connectivity index (χ4n) is 12.1. The topological polar surface area (TPSA) is 52.6 Å². The maximum atomic E-state index is 13.8. The van der Waals surface area contributed by atoms with Crippen molar-refractivity contribution >= 4 is 33.7 Å². The van der Waals surface area contributed by atoms with Crippen LogP contribution < -0.4 is 9.47 Å². The summed E-state index contributed by atoms with van der Waals surface area (Å²) in [6.45, 7) is 0. The summed E-state index contributed by atoms with van der Waals surface area (Å²) in [7, 11) is -0.766. The Morgan fingerprint density at radius 2 is 0.902 bits per heavy atom. The largest absolute Gasteiger partial charge is 0.426 e. The van der Waals surface area contributed by atoms with Gasteiger partial charge in [0.25, 0.3) is 0 Å². The highest BCUT2D eigenvalue weighted by Gasteiger charge is 2.55. The first-order valence-corrected chi connectivity index (χ1v) is 24.8. The average Bonchev–Trinajstić information content (AvgIpc) is 3.93. The van der Waals surface area contributed by atoms with E-state index in [1.54, 1.807) is 0 Å². The summed E-state index contributed by atoms with van der Waals surface area (Å²) in [5.41, 5.74) is 2.04. The maximum Gasteiger partial charge on any atom is 0.317 e. The Hall–Kier alpha value is -5.04. The minimum absolute atomic E-state index is 0.00473. The van der Waals surface area contributed by atoms with Crippen LogP contribution in [-0.2, 0) is 31.4 Å². The molecule has 0 aromatic heterocycles. The maximum absolute atomic E-state index is 13.8. The second-order valence-corrected chi connectivity index (χ2v) is 22.6. The Morgan fingerprint density at radius 1 is 0.443 bits per heavy atom. The molecular formula is C55H52O4S2+2. The van der Waals surface area contributed by atoms with Gasteiger partial charge in [-0.3, -0.25) is 9.59 Å². The first-order valence-electron chi connectivity index (χ1n) is 22.4. The number of carbonyl (C=O) groups excluding carboxylic acids is 2. The number of carbonyl (C=O) groups is 2. The van der Waals surface area contributed by atoms with Gasteiger partial charge in [0.2, 0.25) is 0 Å². The Bertz CT molecular complexity index is 2500. The van der Waals surface area contributed by atoms with Gasteiger partial charge in [0.15, 0.2) is 29.4 Å². The molecule has 6 aromatic carbocycles. The molecule has 6 aliphatic rings. The van der Waals surface area contributed by atoms with Crippen LogP contribution in [0.1, 0.15) is 64.2 Å². The van der Waals surface area contributed by atoms with Gasteiger partial charge < -0.3 is 9.47 Å². The monoisotopic (exact) mass is 840 g/mol. The second-order valence-electron chi connectivity index (χ2n) is 18.5. The summed E-state index contributed by atoms with van der Waals surface area (Å²) in [4.78, 5) is 34.2. The first-order chi connectivity index (χ1) is 29.9. The van der Waals surface area contributed by atoms with E-state index >= 15 is 0 Å². The Labute approximate surface area is 365 Å². The van der Waals surface area contributed by atoms with Crippen molar-refractivity contribution in [1.82, 2.24) is 0 Å². The third kappa shape index (κ3) is 7.76. The third-order valence-electron chi connectivity index (χ3n) is 14.5. The zero-order chi connectivity index (χ0) is 40.9. The van der Waals surface area contributed by atoms with Crippen molar-refractivity contribution < 1.29 is 19.1 Å². The van der Waals surface area contributed by atoms with Crippen LogP contribution in [0.3, 0.4) is 0 Å². The molecule has 5 unspecified atom stereocenters. The van der Waals surface area contributed by atoms with Crippen molar-refractivity contribution in [3.63, 3.8) is 0 Å². The van der Waals surface area contributed by atoms with E-state index in [-0.39, 0.29) is 45.1 Å². The molecular weight excluding hydrogens is 789 g/mol. The van der Waals surface area contributed by atoms with Crippen LogP contribution in [0.15, 0.2) is 187 Å². The molecule has 0 N–H and O–H groups in total. The summed E-state index contributed by atoms with van der Waals surface area (Å²) >= 11 is 0. The fraction of sp³-hybridized carbons (Fsp3) is 0.309. The highest BCUT2D eigenvalue weighted by molar-refractivity contribution is 7.97. The van der Waals surface area contributed by atoms with E-state index in [0.29, 0.717) is 41.1 Å². The molecule has 0 radical (unpaired) electrons. The lowest BCUT2D eigenvalue weighted by Gasteiger charge is -2.55. The van der Waals surface area contributed by atoms with E-state index in [1.165, 1.54) is 61.5 Å². The van der Waals surface area contributed by atoms with Crippen molar-refractivity contribution in [2.45, 2.75) is 93.6 Å². The molecule has 6 aromatic rings. The third-order valence-corrected chi connectivity index (χ3v) is 18.9. The van der Waals surface area contributed by atoms with Gasteiger partial charge in [0.1, 0.15) is 11.5 Å². The zero-order valence-electron chi connectivity index (χ0n) is 34.5. The highest BCUT2D eigenvalue weighted by Crippen LogP contribution is 2.60. The lowest BCUT2D eigenvalue weighted by atomic mass is 9.49. The highest BCUT2D eigenvalue weighted by atomic mass is 32.2. The van der Waals surface area contributed by atoms with Crippen LogP contribution >= 0.6 is 0 Å². The minimum atomic E-state index is -0.385. The number of ether oxygens (including phenoxy) is 2. The van der Waals surface area contributed by atoms with E-state index in [4.69, 9.17) is 9.47 Å². The van der Waals surface area contributed by atoms with E-state index in [2.05, 4.69) is 133 Å². The lowest BCUT2D eigenvalue weighted by molar-refractivity contribution is -0.161. The number of rotatable bonds is 11. The van der Waals surface area contributed by atoms with E-state index < -0.39 is 0 Å². The summed E-state index contributed by atoms with van der Waals surface area (Å²) < 4.78 is 12.2. The normalized spacial score (nSPS) is 26.8. The Morgan fingerprint density at radius 3 is 1.36 bits per heavy atom. The standard InChI is InChI=1S/C55H52O4S2/c56-53(52-31-37-17-18-43(52)30-37)58-44-19-23-48(24-20-44)60(46-11-3-1-4-12-46)50-15-7-9-41(32-50)42-10-8-16-51(33-42)61(47-13-5-2-6-14-47)49-25-21-45(22-26-49)59-54(57)55-34-38-27-39(35-55)29-40(28-38)36-55/h1-16,19-26,32-33,37-40,43,52H,17-18,27-31,34-36H2/q+2. The van der Waals surface area contributed by atoms with Crippen molar-refractivity contribution in [2.75, 3.05) is 0 Å². The van der Waals surface area contributed by atoms with Crippen LogP contribution in [0.5, 0.6) is 11.5 Å². The van der Waals surface area contributed by atoms with E-state index in [1.807, 2.05) is 24.3 Å². The van der Waals surface area contributed by atoms with E-state index in [9.17, 15) is 9.59 Å². The van der Waals surface area contributed by atoms with Crippen LogP contribution in [-0.4, -0.2) is 11.9 Å². The quantitative estimate of drug-likeness (QED) is 0.0741. The van der Waals surface area contributed by atoms with Crippen molar-refractivity contribution in [3.8, 4) is 22.6 Å². The number of hydrogen-bond donors (Lipinski definition) is 0. The van der Waals surface area contributed by atoms with Crippen molar-refractivity contribution in [2.24, 2.45) is 40.9 Å². The van der Waals surface area contributed by atoms with Crippen LogP contribution in [0, 0.1) is 40.9 Å². The molecule has 6 bridgehead atoms. The summed E-state index contributed by atoms with van der Waals surface area (Å²) in [5.74, 6) is 4.56. The number of esters is 2. The zero-order valence-corrected chi connectivity index (χ0v) is 36.1. The lowest BCUT2D eigenvalue weighted by Crippen LogP contribution is -2.51. The molecule has 6 aliphatic carbocycles. The van der Waals surface area contributed by atoms with Crippen LogP contribution in [0.4, 0.5) is 0 Å². The number of hydrogen-bond acceptors (Lipinski definition) is 4. The smallest absolute Gasteiger partial charge is 0.317 e. The van der Waals surface area contributed by atoms with Crippen LogP contribution in [0.25, 0.3) is 11.1 Å². The summed E-state index contributed by atoms with van der Waals surface area (Å²) in [6.07, 6.45) is 11.5. The van der Waals surface area contributed by atoms with Crippen molar-refractivity contribution in [3.05, 3.63) is 158 Å². The predicted octanol–water partition coefficient (Wildman–Crippen LogP) is 13.0. The number of benzene rings is 6. The summed E-state index contributed by atoms with van der Waals surface area (Å²) in [5, 5.41) is 0.